The lowest BCUT2D eigenvalue weighted by Crippen LogP contribution is -2.51. The minimum Gasteiger partial charge on any atom is -0.489 e. The molecule has 5 nitrogen and oxygen atoms in total. The van der Waals surface area contributed by atoms with Gasteiger partial charge in [-0.15, -0.1) is 12.4 Å². The number of carbonyl (C=O) groups excluding carboxylic acids is 1. The van der Waals surface area contributed by atoms with Crippen molar-refractivity contribution >= 4 is 24.0 Å². The molecule has 164 valence electrons. The van der Waals surface area contributed by atoms with Crippen molar-refractivity contribution in [3.63, 3.8) is 0 Å². The second-order valence-corrected chi connectivity index (χ2v) is 8.08. The number of hydrogen-bond donors (Lipinski definition) is 2. The molecule has 0 spiro atoms. The normalized spacial score (nSPS) is 15.4. The quantitative estimate of drug-likeness (QED) is 0.658. The van der Waals surface area contributed by atoms with Gasteiger partial charge in [-0.2, -0.15) is 0 Å². The average Bonchev–Trinajstić information content (AvgIpc) is 2.73. The highest BCUT2D eigenvalue weighted by Crippen LogP contribution is 2.28. The Balaban J connectivity index is 0.00000320. The highest BCUT2D eigenvalue weighted by Gasteiger charge is 2.39. The second kappa shape index (κ2) is 10.8. The molecule has 2 N–H and O–H groups in total. The number of hydrogen-bond acceptors (Lipinski definition) is 4. The minimum atomic E-state index is -0.745. The van der Waals surface area contributed by atoms with E-state index < -0.39 is 5.60 Å². The average molecular weight is 433 g/mol. The molecular formula is C24H33ClN2O3. The van der Waals surface area contributed by atoms with Crippen LogP contribution < -0.4 is 15.4 Å². The van der Waals surface area contributed by atoms with Crippen LogP contribution in [0.15, 0.2) is 42.5 Å². The minimum absolute atomic E-state index is 0. The zero-order valence-electron chi connectivity index (χ0n) is 18.3. The highest BCUT2D eigenvalue weighted by atomic mass is 35.5. The van der Waals surface area contributed by atoms with Crippen molar-refractivity contribution in [2.24, 2.45) is 0 Å². The number of benzene rings is 2. The van der Waals surface area contributed by atoms with Crippen molar-refractivity contribution in [3.8, 4) is 5.75 Å². The third-order valence-electron chi connectivity index (χ3n) is 5.61. The largest absolute Gasteiger partial charge is 0.489 e. The van der Waals surface area contributed by atoms with Crippen molar-refractivity contribution in [2.75, 3.05) is 25.5 Å². The Hall–Kier alpha value is -2.08. The number of rotatable bonds is 7. The van der Waals surface area contributed by atoms with Gasteiger partial charge in [0.25, 0.3) is 5.91 Å². The number of anilines is 1. The molecule has 0 aromatic heterocycles. The van der Waals surface area contributed by atoms with Crippen LogP contribution in [0.2, 0.25) is 0 Å². The van der Waals surface area contributed by atoms with Crippen molar-refractivity contribution in [1.29, 1.82) is 0 Å². The molecule has 0 radical (unpaired) electrons. The molecule has 0 atom stereocenters. The van der Waals surface area contributed by atoms with Crippen molar-refractivity contribution in [3.05, 3.63) is 59.2 Å². The lowest BCUT2D eigenvalue weighted by atomic mass is 9.91. The Kier molecular flexibility index (Phi) is 8.71. The first kappa shape index (κ1) is 24.2. The maximum absolute atomic E-state index is 12.8. The number of nitrogens with one attached hydrogen (secondary N) is 2. The van der Waals surface area contributed by atoms with Gasteiger partial charge < -0.3 is 20.1 Å². The van der Waals surface area contributed by atoms with Crippen LogP contribution in [0, 0.1) is 6.92 Å². The smallest absolute Gasteiger partial charge is 0.256 e. The number of methoxy groups -OCH3 is 1. The van der Waals surface area contributed by atoms with Gasteiger partial charge >= 0.3 is 0 Å². The Morgan fingerprint density at radius 1 is 1.13 bits per heavy atom. The Morgan fingerprint density at radius 2 is 1.80 bits per heavy atom. The number of aryl methyl sites for hydroxylation is 1. The Bertz CT molecular complexity index is 831. The summed E-state index contributed by atoms with van der Waals surface area (Å²) in [5, 5.41) is 6.27. The van der Waals surface area contributed by atoms with Crippen LogP contribution in [0.4, 0.5) is 5.69 Å². The van der Waals surface area contributed by atoms with Gasteiger partial charge in [0.05, 0.1) is 0 Å². The van der Waals surface area contributed by atoms with E-state index >= 15 is 0 Å². The molecule has 0 saturated carbocycles. The summed E-state index contributed by atoms with van der Waals surface area (Å²) >= 11 is 0. The van der Waals surface area contributed by atoms with E-state index in [0.29, 0.717) is 25.4 Å². The van der Waals surface area contributed by atoms with E-state index in [2.05, 4.69) is 49.6 Å². The summed E-state index contributed by atoms with van der Waals surface area (Å²) in [5.41, 5.74) is 3.49. The summed E-state index contributed by atoms with van der Waals surface area (Å²) in [6.45, 7) is 8.48. The van der Waals surface area contributed by atoms with Crippen LogP contribution in [0.1, 0.15) is 49.3 Å². The van der Waals surface area contributed by atoms with Crippen LogP contribution in [0.3, 0.4) is 0 Å². The van der Waals surface area contributed by atoms with Crippen molar-refractivity contribution in [1.82, 2.24) is 5.32 Å². The van der Waals surface area contributed by atoms with E-state index in [9.17, 15) is 4.79 Å². The second-order valence-electron chi connectivity index (χ2n) is 8.08. The third-order valence-corrected chi connectivity index (χ3v) is 5.61. The maximum Gasteiger partial charge on any atom is 0.256 e. The zero-order chi connectivity index (χ0) is 20.9. The molecule has 2 aromatic rings. The highest BCUT2D eigenvalue weighted by molar-refractivity contribution is 5.97. The fourth-order valence-electron chi connectivity index (χ4n) is 3.69. The number of amides is 1. The first-order valence-corrected chi connectivity index (χ1v) is 10.3. The van der Waals surface area contributed by atoms with E-state index in [1.54, 1.807) is 7.11 Å². The molecule has 2 aromatic carbocycles. The Morgan fingerprint density at radius 3 is 2.40 bits per heavy atom. The van der Waals surface area contributed by atoms with Crippen LogP contribution in [-0.4, -0.2) is 31.7 Å². The summed E-state index contributed by atoms with van der Waals surface area (Å²) in [6, 6.07) is 14.2. The fourth-order valence-corrected chi connectivity index (χ4v) is 3.69. The van der Waals surface area contributed by atoms with Crippen LogP contribution in [0.25, 0.3) is 0 Å². The van der Waals surface area contributed by atoms with Gasteiger partial charge in [-0.1, -0.05) is 38.1 Å². The van der Waals surface area contributed by atoms with Gasteiger partial charge in [-0.25, -0.2) is 0 Å². The van der Waals surface area contributed by atoms with Gasteiger partial charge in [0.1, 0.15) is 18.0 Å². The molecule has 1 aliphatic heterocycles. The van der Waals surface area contributed by atoms with E-state index in [1.165, 1.54) is 11.1 Å². The van der Waals surface area contributed by atoms with E-state index in [-0.39, 0.29) is 18.3 Å². The summed E-state index contributed by atoms with van der Waals surface area (Å²) < 4.78 is 11.7. The lowest BCUT2D eigenvalue weighted by Gasteiger charge is -2.34. The predicted octanol–water partition coefficient (Wildman–Crippen LogP) is 4.83. The van der Waals surface area contributed by atoms with E-state index in [4.69, 9.17) is 9.47 Å². The number of carbonyl (C=O) groups is 1. The molecule has 0 aliphatic carbocycles. The number of piperidine rings is 1. The van der Waals surface area contributed by atoms with Crippen LogP contribution in [-0.2, 0) is 16.1 Å². The molecule has 1 aliphatic rings. The van der Waals surface area contributed by atoms with Crippen molar-refractivity contribution < 1.29 is 14.3 Å². The molecule has 0 bridgehead atoms. The van der Waals surface area contributed by atoms with E-state index in [1.807, 2.05) is 24.3 Å². The zero-order valence-corrected chi connectivity index (χ0v) is 19.1. The number of halogens is 1. The summed E-state index contributed by atoms with van der Waals surface area (Å²) in [5.74, 6) is 1.27. The maximum atomic E-state index is 12.8. The SMILES string of the molecule is COC1(C(=O)Nc2ccc(COc3cc(C)ccc3C(C)C)cc2)CCNCC1.Cl. The van der Waals surface area contributed by atoms with E-state index in [0.717, 1.165) is 30.1 Å². The first-order valence-electron chi connectivity index (χ1n) is 10.3. The first-order chi connectivity index (χ1) is 13.9. The van der Waals surface area contributed by atoms with Gasteiger partial charge in [-0.3, -0.25) is 4.79 Å². The van der Waals surface area contributed by atoms with Crippen LogP contribution in [0.5, 0.6) is 5.75 Å². The van der Waals surface area contributed by atoms with Gasteiger partial charge in [0.2, 0.25) is 0 Å². The molecule has 1 fully saturated rings. The molecule has 1 amide bonds. The fraction of sp³-hybridized carbons (Fsp3) is 0.458. The molecule has 1 saturated heterocycles. The van der Waals surface area contributed by atoms with Crippen LogP contribution >= 0.6 is 12.4 Å². The molecule has 1 heterocycles. The standard InChI is InChI=1S/C24H32N2O3.ClH/c1-17(2)21-10-5-18(3)15-22(21)29-16-19-6-8-20(9-7-19)26-23(27)24(28-4)11-13-25-14-12-24;/h5-10,15,17,25H,11-14,16H2,1-4H3,(H,26,27);1H. The third kappa shape index (κ3) is 5.75. The Labute approximate surface area is 186 Å². The number of ether oxygens (including phenoxy) is 2. The summed E-state index contributed by atoms with van der Waals surface area (Å²) in [4.78, 5) is 12.8. The topological polar surface area (TPSA) is 59.6 Å². The van der Waals surface area contributed by atoms with Gasteiger partial charge in [0.15, 0.2) is 0 Å². The molecule has 30 heavy (non-hydrogen) atoms. The molecular weight excluding hydrogens is 400 g/mol. The van der Waals surface area contributed by atoms with Gasteiger partial charge in [0, 0.05) is 12.8 Å². The lowest BCUT2D eigenvalue weighted by molar-refractivity contribution is -0.140. The molecule has 6 heteroatoms. The summed E-state index contributed by atoms with van der Waals surface area (Å²) in [6.07, 6.45) is 1.35. The predicted molar refractivity (Wildman–Crippen MR) is 124 cm³/mol. The molecule has 0 unspecified atom stereocenters. The van der Waals surface area contributed by atoms with Gasteiger partial charge in [-0.05, 0) is 73.7 Å². The van der Waals surface area contributed by atoms with Crippen molar-refractivity contribution in [2.45, 2.75) is 51.7 Å². The summed E-state index contributed by atoms with van der Waals surface area (Å²) in [7, 11) is 1.61. The monoisotopic (exact) mass is 432 g/mol. The molecule has 3 rings (SSSR count).